The highest BCUT2D eigenvalue weighted by Crippen LogP contribution is 2.42. The van der Waals surface area contributed by atoms with Crippen LogP contribution in [0.3, 0.4) is 0 Å². The molecule has 1 aliphatic rings. The fraction of sp³-hybridized carbons (Fsp3) is 0.259. The molecule has 1 N–H and O–H groups in total. The molecule has 0 saturated heterocycles. The molecule has 1 aliphatic heterocycles. The lowest BCUT2D eigenvalue weighted by Gasteiger charge is -2.28. The maximum absolute atomic E-state index is 13.3. The van der Waals surface area contributed by atoms with Gasteiger partial charge in [0.15, 0.2) is 11.5 Å². The molecule has 34 heavy (non-hydrogen) atoms. The lowest BCUT2D eigenvalue weighted by molar-refractivity contribution is -0.117. The van der Waals surface area contributed by atoms with Gasteiger partial charge in [-0.15, -0.1) is 0 Å². The lowest BCUT2D eigenvalue weighted by atomic mass is 9.94. The van der Waals surface area contributed by atoms with Crippen molar-refractivity contribution >= 4 is 28.8 Å². The number of carbonyl (C=O) groups excluding carboxylic acids is 2. The predicted molar refractivity (Wildman–Crippen MR) is 134 cm³/mol. The molecule has 7 heteroatoms. The lowest BCUT2D eigenvalue weighted by Crippen LogP contribution is -2.31. The van der Waals surface area contributed by atoms with E-state index in [1.54, 1.807) is 6.07 Å². The highest BCUT2D eigenvalue weighted by molar-refractivity contribution is 6.20. The Morgan fingerprint density at radius 1 is 0.971 bits per heavy atom. The third-order valence-electron chi connectivity index (χ3n) is 6.18. The molecule has 1 aromatic heterocycles. The van der Waals surface area contributed by atoms with Crippen LogP contribution in [-0.4, -0.2) is 44.0 Å². The number of furan rings is 1. The maximum Gasteiger partial charge on any atom is 0.294 e. The normalized spacial score (nSPS) is 15.7. The molecule has 2 heterocycles. The molecule has 1 amide bonds. The van der Waals surface area contributed by atoms with Crippen molar-refractivity contribution in [2.45, 2.75) is 19.9 Å². The fourth-order valence-corrected chi connectivity index (χ4v) is 4.33. The van der Waals surface area contributed by atoms with Gasteiger partial charge in [-0.25, -0.2) is 0 Å². The van der Waals surface area contributed by atoms with Crippen LogP contribution in [-0.2, 0) is 4.79 Å². The quantitative estimate of drug-likeness (QED) is 0.479. The van der Waals surface area contributed by atoms with Gasteiger partial charge in [0.25, 0.3) is 5.91 Å². The van der Waals surface area contributed by atoms with Crippen LogP contribution in [0.15, 0.2) is 82.7 Å². The number of aliphatic hydroxyl groups excluding tert-OH is 1. The van der Waals surface area contributed by atoms with Crippen LogP contribution in [0.4, 0.5) is 17.1 Å². The highest BCUT2D eigenvalue weighted by atomic mass is 16.3. The van der Waals surface area contributed by atoms with Gasteiger partial charge in [0, 0.05) is 44.2 Å². The predicted octanol–water partition coefficient (Wildman–Crippen LogP) is 4.97. The van der Waals surface area contributed by atoms with Crippen molar-refractivity contribution in [3.63, 3.8) is 0 Å². The van der Waals surface area contributed by atoms with Crippen LogP contribution in [0.5, 0.6) is 0 Å². The van der Waals surface area contributed by atoms with Crippen molar-refractivity contribution in [3.05, 3.63) is 89.6 Å². The summed E-state index contributed by atoms with van der Waals surface area (Å²) in [5, 5.41) is 10.9. The molecule has 0 bridgehead atoms. The van der Waals surface area contributed by atoms with E-state index in [1.807, 2.05) is 67.5 Å². The molecule has 3 aromatic rings. The van der Waals surface area contributed by atoms with E-state index in [4.69, 9.17) is 4.42 Å². The first kappa shape index (κ1) is 23.2. The summed E-state index contributed by atoms with van der Waals surface area (Å²) in [7, 11) is 3.87. The summed E-state index contributed by atoms with van der Waals surface area (Å²) in [5.41, 5.74) is 3.33. The summed E-state index contributed by atoms with van der Waals surface area (Å²) >= 11 is 0. The average Bonchev–Trinajstić information content (AvgIpc) is 3.47. The Labute approximate surface area is 199 Å². The molecule has 2 aromatic carbocycles. The van der Waals surface area contributed by atoms with E-state index in [0.717, 1.165) is 30.0 Å². The highest BCUT2D eigenvalue weighted by Gasteiger charge is 2.45. The third kappa shape index (κ3) is 4.05. The number of nitrogens with zero attached hydrogens (tertiary/aromatic N) is 3. The Morgan fingerprint density at radius 3 is 2.12 bits per heavy atom. The van der Waals surface area contributed by atoms with E-state index < -0.39 is 23.5 Å². The second-order valence-corrected chi connectivity index (χ2v) is 8.32. The molecule has 4 rings (SSSR count). The van der Waals surface area contributed by atoms with E-state index in [9.17, 15) is 14.7 Å². The Balaban J connectivity index is 1.81. The summed E-state index contributed by atoms with van der Waals surface area (Å²) in [6.07, 6.45) is 1.40. The SMILES string of the molecule is CCN(CC)c1ccc(C2C(C(=O)c3ccco3)=C(O)C(=O)N2c2ccc(N(C)C)cc2)cc1. The molecule has 7 nitrogen and oxygen atoms in total. The molecule has 0 radical (unpaired) electrons. The zero-order valence-corrected chi connectivity index (χ0v) is 19.9. The standard InChI is InChI=1S/C27H29N3O4/c1-5-29(6-2)20-11-9-18(10-12-20)24-23(25(31)22-8-7-17-34-22)26(32)27(33)30(24)21-15-13-19(14-16-21)28(3)4/h7-17,24,32H,5-6H2,1-4H3. The van der Waals surface area contributed by atoms with Crippen molar-refractivity contribution in [3.8, 4) is 0 Å². The number of Topliss-reactive ketones (excluding diaryl/α,β-unsaturated/α-hetero) is 1. The first-order valence-electron chi connectivity index (χ1n) is 11.3. The van der Waals surface area contributed by atoms with E-state index in [2.05, 4.69) is 18.7 Å². The zero-order valence-electron chi connectivity index (χ0n) is 19.9. The molecule has 0 fully saturated rings. The minimum Gasteiger partial charge on any atom is -0.503 e. The van der Waals surface area contributed by atoms with Gasteiger partial charge in [0.2, 0.25) is 5.78 Å². The minimum atomic E-state index is -0.791. The van der Waals surface area contributed by atoms with Crippen LogP contribution in [0.1, 0.15) is 36.0 Å². The summed E-state index contributed by atoms with van der Waals surface area (Å²) in [6, 6.07) is 17.5. The topological polar surface area (TPSA) is 77.2 Å². The summed E-state index contributed by atoms with van der Waals surface area (Å²) in [4.78, 5) is 32.2. The number of benzene rings is 2. The number of anilines is 3. The van der Waals surface area contributed by atoms with Crippen LogP contribution >= 0.6 is 0 Å². The number of aliphatic hydroxyl groups is 1. The van der Waals surface area contributed by atoms with Crippen molar-refractivity contribution in [1.82, 2.24) is 0 Å². The van der Waals surface area contributed by atoms with E-state index in [-0.39, 0.29) is 11.3 Å². The number of hydrogen-bond acceptors (Lipinski definition) is 6. The smallest absolute Gasteiger partial charge is 0.294 e. The first-order chi connectivity index (χ1) is 16.4. The van der Waals surface area contributed by atoms with Gasteiger partial charge < -0.3 is 19.3 Å². The van der Waals surface area contributed by atoms with Crippen molar-refractivity contribution in [1.29, 1.82) is 0 Å². The van der Waals surface area contributed by atoms with E-state index in [1.165, 1.54) is 17.2 Å². The Bertz CT molecular complexity index is 1190. The zero-order chi connectivity index (χ0) is 24.4. The summed E-state index contributed by atoms with van der Waals surface area (Å²) in [5.74, 6) is -1.62. The maximum atomic E-state index is 13.3. The number of hydrogen-bond donors (Lipinski definition) is 1. The number of rotatable bonds is 8. The minimum absolute atomic E-state index is 0.00669. The summed E-state index contributed by atoms with van der Waals surface area (Å²) in [6.45, 7) is 5.91. The van der Waals surface area contributed by atoms with Crippen LogP contribution < -0.4 is 14.7 Å². The molecule has 0 saturated carbocycles. The van der Waals surface area contributed by atoms with E-state index in [0.29, 0.717) is 5.69 Å². The van der Waals surface area contributed by atoms with Crippen LogP contribution in [0, 0.1) is 0 Å². The van der Waals surface area contributed by atoms with Gasteiger partial charge in [-0.1, -0.05) is 12.1 Å². The third-order valence-corrected chi connectivity index (χ3v) is 6.18. The average molecular weight is 460 g/mol. The van der Waals surface area contributed by atoms with Crippen LogP contribution in [0.25, 0.3) is 0 Å². The molecule has 1 unspecified atom stereocenters. The van der Waals surface area contributed by atoms with Gasteiger partial charge in [0.1, 0.15) is 0 Å². The fourth-order valence-electron chi connectivity index (χ4n) is 4.33. The van der Waals surface area contributed by atoms with Crippen molar-refractivity contribution in [2.75, 3.05) is 41.9 Å². The van der Waals surface area contributed by atoms with Gasteiger partial charge in [-0.3, -0.25) is 14.5 Å². The van der Waals surface area contributed by atoms with Gasteiger partial charge in [-0.2, -0.15) is 0 Å². The number of carbonyl (C=O) groups is 2. The van der Waals surface area contributed by atoms with Crippen LogP contribution in [0.2, 0.25) is 0 Å². The second kappa shape index (κ2) is 9.47. The molecular formula is C27H29N3O4. The molecule has 0 spiro atoms. The molecule has 176 valence electrons. The van der Waals surface area contributed by atoms with Crippen molar-refractivity contribution in [2.24, 2.45) is 0 Å². The van der Waals surface area contributed by atoms with Gasteiger partial charge in [-0.05, 0) is 67.9 Å². The Hall–Kier alpha value is -4.00. The van der Waals surface area contributed by atoms with Gasteiger partial charge >= 0.3 is 0 Å². The molecular weight excluding hydrogens is 430 g/mol. The van der Waals surface area contributed by atoms with Crippen molar-refractivity contribution < 1.29 is 19.1 Å². The molecule has 1 atom stereocenters. The number of ketones is 1. The number of amides is 1. The Kier molecular flexibility index (Phi) is 6.45. The van der Waals surface area contributed by atoms with Gasteiger partial charge in [0.05, 0.1) is 17.9 Å². The Morgan fingerprint density at radius 2 is 1.59 bits per heavy atom. The largest absolute Gasteiger partial charge is 0.503 e. The summed E-state index contributed by atoms with van der Waals surface area (Å²) < 4.78 is 5.30. The monoisotopic (exact) mass is 459 g/mol. The first-order valence-corrected chi connectivity index (χ1v) is 11.3. The second-order valence-electron chi connectivity index (χ2n) is 8.32. The van der Waals surface area contributed by atoms with E-state index >= 15 is 0 Å². The molecule has 0 aliphatic carbocycles.